The number of fused-ring (bicyclic) bond motifs is 1. The molecule has 0 aliphatic heterocycles. The SMILES string of the molecule is COc1cc2nc(SCCc3ccccc3)nc(N)c2cc1OC. The Kier molecular flexibility index (Phi) is 5.05. The highest BCUT2D eigenvalue weighted by molar-refractivity contribution is 7.99. The Balaban J connectivity index is 1.81. The van der Waals surface area contributed by atoms with Crippen molar-refractivity contribution in [3.8, 4) is 11.5 Å². The van der Waals surface area contributed by atoms with E-state index in [1.54, 1.807) is 26.0 Å². The number of anilines is 1. The number of nitrogen functional groups attached to an aromatic ring is 1. The number of aryl methyl sites for hydroxylation is 1. The maximum Gasteiger partial charge on any atom is 0.190 e. The van der Waals surface area contributed by atoms with Crippen LogP contribution in [-0.2, 0) is 6.42 Å². The summed E-state index contributed by atoms with van der Waals surface area (Å²) >= 11 is 1.59. The van der Waals surface area contributed by atoms with E-state index >= 15 is 0 Å². The summed E-state index contributed by atoms with van der Waals surface area (Å²) in [4.78, 5) is 8.98. The van der Waals surface area contributed by atoms with Crippen LogP contribution in [0.3, 0.4) is 0 Å². The number of thioether (sulfide) groups is 1. The number of hydrogen-bond acceptors (Lipinski definition) is 6. The van der Waals surface area contributed by atoms with Crippen molar-refractivity contribution >= 4 is 28.5 Å². The lowest BCUT2D eigenvalue weighted by molar-refractivity contribution is 0.355. The Hall–Kier alpha value is -2.47. The van der Waals surface area contributed by atoms with Crippen LogP contribution in [0.5, 0.6) is 11.5 Å². The molecule has 1 aromatic heterocycles. The summed E-state index contributed by atoms with van der Waals surface area (Å²) in [6.45, 7) is 0. The molecular weight excluding hydrogens is 322 g/mol. The van der Waals surface area contributed by atoms with Gasteiger partial charge in [0.2, 0.25) is 0 Å². The minimum Gasteiger partial charge on any atom is -0.493 e. The number of rotatable bonds is 6. The van der Waals surface area contributed by atoms with Crippen LogP contribution in [0.1, 0.15) is 5.56 Å². The fourth-order valence-corrected chi connectivity index (χ4v) is 3.27. The van der Waals surface area contributed by atoms with Crippen LogP contribution in [0.2, 0.25) is 0 Å². The van der Waals surface area contributed by atoms with Crippen LogP contribution in [0.25, 0.3) is 10.9 Å². The van der Waals surface area contributed by atoms with Crippen LogP contribution < -0.4 is 15.2 Å². The van der Waals surface area contributed by atoms with Gasteiger partial charge in [0, 0.05) is 17.2 Å². The first kappa shape index (κ1) is 16.4. The Morgan fingerprint density at radius 1 is 1.00 bits per heavy atom. The maximum atomic E-state index is 6.09. The zero-order chi connectivity index (χ0) is 16.9. The molecule has 0 unspecified atom stereocenters. The van der Waals surface area contributed by atoms with E-state index < -0.39 is 0 Å². The summed E-state index contributed by atoms with van der Waals surface area (Å²) < 4.78 is 10.6. The molecule has 0 atom stereocenters. The number of hydrogen-bond donors (Lipinski definition) is 1. The Labute approximate surface area is 145 Å². The minimum absolute atomic E-state index is 0.447. The first-order valence-corrected chi connectivity index (χ1v) is 8.56. The monoisotopic (exact) mass is 341 g/mol. The highest BCUT2D eigenvalue weighted by Crippen LogP contribution is 2.34. The molecule has 0 bridgehead atoms. The third kappa shape index (κ3) is 3.54. The molecule has 0 saturated heterocycles. The summed E-state index contributed by atoms with van der Waals surface area (Å²) in [5, 5.41) is 1.43. The smallest absolute Gasteiger partial charge is 0.190 e. The van der Waals surface area contributed by atoms with E-state index in [9.17, 15) is 0 Å². The van der Waals surface area contributed by atoms with Crippen LogP contribution in [0.15, 0.2) is 47.6 Å². The number of nitrogens with two attached hydrogens (primary N) is 1. The summed E-state index contributed by atoms with van der Waals surface area (Å²) in [6.07, 6.45) is 0.957. The number of aromatic nitrogens is 2. The van der Waals surface area contributed by atoms with Crippen molar-refractivity contribution in [3.63, 3.8) is 0 Å². The summed E-state index contributed by atoms with van der Waals surface area (Å²) in [7, 11) is 3.19. The average Bonchev–Trinajstić information content (AvgIpc) is 2.61. The van der Waals surface area contributed by atoms with Crippen molar-refractivity contribution in [2.45, 2.75) is 11.6 Å². The first-order chi connectivity index (χ1) is 11.7. The predicted molar refractivity (Wildman–Crippen MR) is 97.9 cm³/mol. The van der Waals surface area contributed by atoms with Gasteiger partial charge in [-0.2, -0.15) is 0 Å². The van der Waals surface area contributed by atoms with Gasteiger partial charge < -0.3 is 15.2 Å². The van der Waals surface area contributed by atoms with Gasteiger partial charge in [0.25, 0.3) is 0 Å². The second-order valence-corrected chi connectivity index (χ2v) is 6.26. The summed E-state index contributed by atoms with van der Waals surface area (Å²) in [6, 6.07) is 14.0. The van der Waals surface area contributed by atoms with Crippen molar-refractivity contribution in [2.75, 3.05) is 25.7 Å². The third-order valence-electron chi connectivity index (χ3n) is 3.67. The van der Waals surface area contributed by atoms with Crippen LogP contribution in [-0.4, -0.2) is 29.9 Å². The molecule has 1 heterocycles. The van der Waals surface area contributed by atoms with E-state index in [0.717, 1.165) is 23.1 Å². The van der Waals surface area contributed by atoms with E-state index in [-0.39, 0.29) is 0 Å². The lowest BCUT2D eigenvalue weighted by atomic mass is 10.2. The standard InChI is InChI=1S/C18H19N3O2S/c1-22-15-10-13-14(11-16(15)23-2)20-18(21-17(13)19)24-9-8-12-6-4-3-5-7-12/h3-7,10-11H,8-9H2,1-2H3,(H2,19,20,21). The molecule has 124 valence electrons. The second kappa shape index (κ2) is 7.40. The zero-order valence-corrected chi connectivity index (χ0v) is 14.5. The molecule has 2 N–H and O–H groups in total. The Morgan fingerprint density at radius 2 is 1.71 bits per heavy atom. The van der Waals surface area contributed by atoms with Gasteiger partial charge in [-0.05, 0) is 18.1 Å². The van der Waals surface area contributed by atoms with E-state index in [1.807, 2.05) is 30.3 Å². The molecule has 5 nitrogen and oxygen atoms in total. The van der Waals surface area contributed by atoms with Crippen molar-refractivity contribution < 1.29 is 9.47 Å². The number of benzene rings is 2. The van der Waals surface area contributed by atoms with Crippen molar-refractivity contribution in [1.82, 2.24) is 9.97 Å². The van der Waals surface area contributed by atoms with Crippen LogP contribution >= 0.6 is 11.8 Å². The van der Waals surface area contributed by atoms with Gasteiger partial charge in [-0.1, -0.05) is 42.1 Å². The molecule has 0 amide bonds. The Morgan fingerprint density at radius 3 is 2.42 bits per heavy atom. The number of ether oxygens (including phenoxy) is 2. The molecule has 0 aliphatic carbocycles. The molecule has 24 heavy (non-hydrogen) atoms. The number of methoxy groups -OCH3 is 2. The quantitative estimate of drug-likeness (QED) is 0.546. The molecule has 3 aromatic rings. The van der Waals surface area contributed by atoms with Gasteiger partial charge in [0.1, 0.15) is 5.82 Å². The van der Waals surface area contributed by atoms with Crippen molar-refractivity contribution in [2.24, 2.45) is 0 Å². The first-order valence-electron chi connectivity index (χ1n) is 7.57. The molecule has 0 aliphatic rings. The van der Waals surface area contributed by atoms with Crippen LogP contribution in [0, 0.1) is 0 Å². The highest BCUT2D eigenvalue weighted by Gasteiger charge is 2.12. The maximum absolute atomic E-state index is 6.09. The number of nitrogens with zero attached hydrogens (tertiary/aromatic N) is 2. The molecular formula is C18H19N3O2S. The van der Waals surface area contributed by atoms with E-state index in [1.165, 1.54) is 5.56 Å². The van der Waals surface area contributed by atoms with E-state index in [0.29, 0.717) is 22.5 Å². The average molecular weight is 341 g/mol. The predicted octanol–water partition coefficient (Wildman–Crippen LogP) is 3.56. The minimum atomic E-state index is 0.447. The van der Waals surface area contributed by atoms with Crippen molar-refractivity contribution in [1.29, 1.82) is 0 Å². The largest absolute Gasteiger partial charge is 0.493 e. The molecule has 0 fully saturated rings. The summed E-state index contributed by atoms with van der Waals surface area (Å²) in [5.74, 6) is 2.58. The highest BCUT2D eigenvalue weighted by atomic mass is 32.2. The normalized spacial score (nSPS) is 10.8. The van der Waals surface area contributed by atoms with Gasteiger partial charge in [0.05, 0.1) is 19.7 Å². The van der Waals surface area contributed by atoms with Crippen LogP contribution in [0.4, 0.5) is 5.82 Å². The fourth-order valence-electron chi connectivity index (χ4n) is 2.43. The lowest BCUT2D eigenvalue weighted by Gasteiger charge is -2.10. The van der Waals surface area contributed by atoms with Gasteiger partial charge in [-0.3, -0.25) is 0 Å². The molecule has 6 heteroatoms. The van der Waals surface area contributed by atoms with E-state index in [2.05, 4.69) is 22.1 Å². The zero-order valence-electron chi connectivity index (χ0n) is 13.7. The summed E-state index contributed by atoms with van der Waals surface area (Å²) in [5.41, 5.74) is 8.14. The third-order valence-corrected chi connectivity index (χ3v) is 4.52. The second-order valence-electron chi connectivity index (χ2n) is 5.20. The van der Waals surface area contributed by atoms with E-state index in [4.69, 9.17) is 15.2 Å². The molecule has 0 radical (unpaired) electrons. The topological polar surface area (TPSA) is 70.3 Å². The van der Waals surface area contributed by atoms with Gasteiger partial charge in [-0.25, -0.2) is 9.97 Å². The molecule has 0 spiro atoms. The molecule has 0 saturated carbocycles. The Bertz CT molecular complexity index is 841. The molecule has 2 aromatic carbocycles. The van der Waals surface area contributed by atoms with Gasteiger partial charge in [0.15, 0.2) is 16.7 Å². The van der Waals surface area contributed by atoms with Gasteiger partial charge >= 0.3 is 0 Å². The fraction of sp³-hybridized carbons (Fsp3) is 0.222. The van der Waals surface area contributed by atoms with Crippen molar-refractivity contribution in [3.05, 3.63) is 48.0 Å². The molecule has 3 rings (SSSR count). The van der Waals surface area contributed by atoms with Gasteiger partial charge in [-0.15, -0.1) is 0 Å². The lowest BCUT2D eigenvalue weighted by Crippen LogP contribution is -1.99.